The number of aromatic amines is 1. The summed E-state index contributed by atoms with van der Waals surface area (Å²) in [5.41, 5.74) is -0.259. The third-order valence-corrected chi connectivity index (χ3v) is 4.44. The number of H-pyrrole nitrogens is 1. The molecule has 1 heterocycles. The quantitative estimate of drug-likeness (QED) is 0.739. The van der Waals surface area contributed by atoms with Crippen molar-refractivity contribution in [1.82, 2.24) is 14.9 Å². The molecule has 0 bridgehead atoms. The lowest BCUT2D eigenvalue weighted by atomic mass is 9.91. The van der Waals surface area contributed by atoms with E-state index in [1.165, 1.54) is 0 Å². The summed E-state index contributed by atoms with van der Waals surface area (Å²) in [6, 6.07) is 0. The van der Waals surface area contributed by atoms with Crippen LogP contribution in [0.5, 0.6) is 0 Å². The summed E-state index contributed by atoms with van der Waals surface area (Å²) < 4.78 is 31.7. The van der Waals surface area contributed by atoms with Gasteiger partial charge in [-0.1, -0.05) is 20.8 Å². The fourth-order valence-electron chi connectivity index (χ4n) is 1.32. The summed E-state index contributed by atoms with van der Waals surface area (Å²) in [5, 5.41) is 5.69. The largest absolute Gasteiger partial charge is 0.462 e. The Morgan fingerprint density at radius 3 is 2.65 bits per heavy atom. The van der Waals surface area contributed by atoms with Crippen LogP contribution in [0.2, 0.25) is 0 Å². The minimum absolute atomic E-state index is 0.0892. The number of sulfonamides is 1. The molecular weight excluding hydrogens is 282 g/mol. The van der Waals surface area contributed by atoms with Crippen LogP contribution in [0.25, 0.3) is 0 Å². The zero-order valence-corrected chi connectivity index (χ0v) is 13.0. The smallest absolute Gasteiger partial charge is 0.342 e. The van der Waals surface area contributed by atoms with Gasteiger partial charge in [-0.25, -0.2) is 17.9 Å². The Morgan fingerprint density at radius 1 is 1.45 bits per heavy atom. The molecule has 0 saturated carbocycles. The van der Waals surface area contributed by atoms with Crippen molar-refractivity contribution in [3.63, 3.8) is 0 Å². The average Bonchev–Trinajstić information content (AvgIpc) is 2.87. The van der Waals surface area contributed by atoms with Gasteiger partial charge in [-0.15, -0.1) is 0 Å². The van der Waals surface area contributed by atoms with Crippen LogP contribution >= 0.6 is 0 Å². The first-order chi connectivity index (χ1) is 9.23. The molecule has 114 valence electrons. The topological polar surface area (TPSA) is 101 Å². The monoisotopic (exact) mass is 303 g/mol. The second-order valence-corrected chi connectivity index (χ2v) is 6.88. The van der Waals surface area contributed by atoms with Crippen molar-refractivity contribution in [2.24, 2.45) is 5.41 Å². The molecule has 0 atom stereocenters. The maximum absolute atomic E-state index is 12.2. The van der Waals surface area contributed by atoms with Gasteiger partial charge in [0.05, 0.1) is 12.8 Å². The molecular formula is C12H21N3O4S. The van der Waals surface area contributed by atoms with Crippen molar-refractivity contribution in [3.8, 4) is 0 Å². The number of rotatable bonds is 7. The molecule has 0 aliphatic heterocycles. The SMILES string of the molecule is CCOC(=O)c1cn[nH]c1S(=O)(=O)NCC(C)(C)CC. The lowest BCUT2D eigenvalue weighted by molar-refractivity contribution is 0.0522. The summed E-state index contributed by atoms with van der Waals surface area (Å²) >= 11 is 0. The Labute approximate surface area is 119 Å². The number of aromatic nitrogens is 2. The maximum atomic E-state index is 12.2. The van der Waals surface area contributed by atoms with E-state index in [9.17, 15) is 13.2 Å². The van der Waals surface area contributed by atoms with Gasteiger partial charge in [-0.05, 0) is 18.8 Å². The van der Waals surface area contributed by atoms with Crippen LogP contribution in [0.3, 0.4) is 0 Å². The summed E-state index contributed by atoms with van der Waals surface area (Å²) in [5.74, 6) is -0.712. The van der Waals surface area contributed by atoms with Crippen LogP contribution in [-0.4, -0.2) is 37.7 Å². The van der Waals surface area contributed by atoms with E-state index < -0.39 is 16.0 Å². The molecule has 0 unspecified atom stereocenters. The molecule has 2 N–H and O–H groups in total. The van der Waals surface area contributed by atoms with E-state index in [0.717, 1.165) is 12.6 Å². The summed E-state index contributed by atoms with van der Waals surface area (Å²) in [7, 11) is -3.82. The third-order valence-electron chi connectivity index (χ3n) is 3.07. The molecule has 1 aromatic rings. The molecule has 0 fully saturated rings. The Morgan fingerprint density at radius 2 is 2.10 bits per heavy atom. The Balaban J connectivity index is 2.94. The molecule has 8 heteroatoms. The van der Waals surface area contributed by atoms with Crippen molar-refractivity contribution in [3.05, 3.63) is 11.8 Å². The number of ether oxygens (including phenoxy) is 1. The molecule has 7 nitrogen and oxygen atoms in total. The Kier molecular flexibility index (Phi) is 5.29. The van der Waals surface area contributed by atoms with E-state index in [4.69, 9.17) is 4.74 Å². The summed E-state index contributed by atoms with van der Waals surface area (Å²) in [6.07, 6.45) is 1.97. The van der Waals surface area contributed by atoms with E-state index in [1.807, 2.05) is 20.8 Å². The highest BCUT2D eigenvalue weighted by molar-refractivity contribution is 7.89. The fraction of sp³-hybridized carbons (Fsp3) is 0.667. The molecule has 20 heavy (non-hydrogen) atoms. The van der Waals surface area contributed by atoms with Crippen LogP contribution in [-0.2, 0) is 14.8 Å². The molecule has 0 aliphatic carbocycles. The van der Waals surface area contributed by atoms with Gasteiger partial charge in [-0.3, -0.25) is 5.10 Å². The minimum Gasteiger partial charge on any atom is -0.462 e. The maximum Gasteiger partial charge on any atom is 0.342 e. The number of carbonyl (C=O) groups is 1. The molecule has 0 spiro atoms. The van der Waals surface area contributed by atoms with E-state index in [-0.39, 0.29) is 29.2 Å². The van der Waals surface area contributed by atoms with Gasteiger partial charge in [0.25, 0.3) is 10.0 Å². The summed E-state index contributed by atoms with van der Waals surface area (Å²) in [4.78, 5) is 11.7. The highest BCUT2D eigenvalue weighted by Crippen LogP contribution is 2.20. The van der Waals surface area contributed by atoms with Gasteiger partial charge in [0.2, 0.25) is 0 Å². The average molecular weight is 303 g/mol. The molecule has 1 aromatic heterocycles. The Hall–Kier alpha value is -1.41. The first kappa shape index (κ1) is 16.6. The number of esters is 1. The van der Waals surface area contributed by atoms with Gasteiger partial charge in [-0.2, -0.15) is 5.10 Å². The lowest BCUT2D eigenvalue weighted by Crippen LogP contribution is -2.34. The van der Waals surface area contributed by atoms with Gasteiger partial charge in [0, 0.05) is 6.54 Å². The second-order valence-electron chi connectivity index (χ2n) is 5.18. The van der Waals surface area contributed by atoms with Crippen LogP contribution in [0.1, 0.15) is 44.5 Å². The van der Waals surface area contributed by atoms with Crippen LogP contribution in [0, 0.1) is 5.41 Å². The lowest BCUT2D eigenvalue weighted by Gasteiger charge is -2.22. The number of nitrogens with one attached hydrogen (secondary N) is 2. The van der Waals surface area contributed by atoms with E-state index in [2.05, 4.69) is 14.9 Å². The van der Waals surface area contributed by atoms with Crippen molar-refractivity contribution in [1.29, 1.82) is 0 Å². The van der Waals surface area contributed by atoms with Crippen LogP contribution < -0.4 is 4.72 Å². The van der Waals surface area contributed by atoms with Crippen LogP contribution in [0.4, 0.5) is 0 Å². The predicted molar refractivity (Wildman–Crippen MR) is 73.8 cm³/mol. The minimum atomic E-state index is -3.82. The molecule has 0 amide bonds. The van der Waals surface area contributed by atoms with Gasteiger partial charge in [0.1, 0.15) is 5.56 Å². The third kappa shape index (κ3) is 4.04. The normalized spacial score (nSPS) is 12.4. The first-order valence-electron chi connectivity index (χ1n) is 6.43. The van der Waals surface area contributed by atoms with E-state index in [0.29, 0.717) is 0 Å². The molecule has 1 rings (SSSR count). The van der Waals surface area contributed by atoms with Gasteiger partial charge < -0.3 is 4.74 Å². The predicted octanol–water partition coefficient (Wildman–Crippen LogP) is 1.30. The van der Waals surface area contributed by atoms with Crippen molar-refractivity contribution >= 4 is 16.0 Å². The number of carbonyl (C=O) groups excluding carboxylic acids is 1. The standard InChI is InChI=1S/C12H21N3O4S/c1-5-12(3,4)8-14-20(17,18)10-9(7-13-15-10)11(16)19-6-2/h7,14H,5-6,8H2,1-4H3,(H,13,15). The van der Waals surface area contributed by atoms with Gasteiger partial charge in [0.15, 0.2) is 5.03 Å². The molecule has 0 aromatic carbocycles. The zero-order valence-electron chi connectivity index (χ0n) is 12.2. The highest BCUT2D eigenvalue weighted by Gasteiger charge is 2.27. The van der Waals surface area contributed by atoms with E-state index in [1.54, 1.807) is 6.92 Å². The number of hydrogen-bond acceptors (Lipinski definition) is 5. The van der Waals surface area contributed by atoms with Crippen LogP contribution in [0.15, 0.2) is 11.2 Å². The van der Waals surface area contributed by atoms with E-state index >= 15 is 0 Å². The van der Waals surface area contributed by atoms with Crippen molar-refractivity contribution in [2.75, 3.05) is 13.2 Å². The highest BCUT2D eigenvalue weighted by atomic mass is 32.2. The molecule has 0 radical (unpaired) electrons. The summed E-state index contributed by atoms with van der Waals surface area (Å²) in [6.45, 7) is 7.97. The van der Waals surface area contributed by atoms with Crippen molar-refractivity contribution in [2.45, 2.75) is 39.1 Å². The number of hydrogen-bond donors (Lipinski definition) is 2. The number of nitrogens with zero attached hydrogens (tertiary/aromatic N) is 1. The fourth-order valence-corrected chi connectivity index (χ4v) is 2.64. The zero-order chi connectivity index (χ0) is 15.4. The first-order valence-corrected chi connectivity index (χ1v) is 7.92. The second kappa shape index (κ2) is 6.36. The van der Waals surface area contributed by atoms with Crippen molar-refractivity contribution < 1.29 is 17.9 Å². The molecule has 0 aliphatic rings. The van der Waals surface area contributed by atoms with Gasteiger partial charge >= 0.3 is 5.97 Å². The Bertz CT molecular complexity index is 563. The molecule has 0 saturated heterocycles.